The fourth-order valence-electron chi connectivity index (χ4n) is 2.21. The zero-order valence-corrected chi connectivity index (χ0v) is 12.5. The standard InChI is InChI=1S/C17H23N3/c1-13-11-15(18)12-19-16(13)20-17(2,3)10-9-14-7-5-4-6-8-14/h4-8,11-12H,9-10,18H2,1-3H3,(H,19,20). The summed E-state index contributed by atoms with van der Waals surface area (Å²) in [6, 6.07) is 12.5. The number of benzene rings is 1. The maximum absolute atomic E-state index is 5.74. The lowest BCUT2D eigenvalue weighted by molar-refractivity contribution is 0.516. The lowest BCUT2D eigenvalue weighted by atomic mass is 9.95. The lowest BCUT2D eigenvalue weighted by Crippen LogP contribution is -2.32. The number of anilines is 2. The summed E-state index contributed by atoms with van der Waals surface area (Å²) in [6.45, 7) is 6.43. The normalized spacial score (nSPS) is 11.3. The Balaban J connectivity index is 2.00. The SMILES string of the molecule is Cc1cc(N)cnc1NC(C)(C)CCc1ccccc1. The Bertz CT molecular complexity index is 562. The molecular formula is C17H23N3. The first-order valence-corrected chi connectivity index (χ1v) is 7.00. The number of aryl methyl sites for hydroxylation is 2. The van der Waals surface area contributed by atoms with E-state index in [2.05, 4.69) is 54.5 Å². The van der Waals surface area contributed by atoms with Crippen molar-refractivity contribution in [2.75, 3.05) is 11.1 Å². The molecule has 0 saturated heterocycles. The molecule has 106 valence electrons. The highest BCUT2D eigenvalue weighted by molar-refractivity contribution is 5.51. The molecule has 0 aliphatic carbocycles. The van der Waals surface area contributed by atoms with Crippen LogP contribution in [0.5, 0.6) is 0 Å². The number of nitrogens with zero attached hydrogens (tertiary/aromatic N) is 1. The largest absolute Gasteiger partial charge is 0.397 e. The molecule has 0 atom stereocenters. The van der Waals surface area contributed by atoms with E-state index in [0.29, 0.717) is 5.69 Å². The monoisotopic (exact) mass is 269 g/mol. The number of hydrogen-bond donors (Lipinski definition) is 2. The summed E-state index contributed by atoms with van der Waals surface area (Å²) >= 11 is 0. The van der Waals surface area contributed by atoms with E-state index >= 15 is 0 Å². The van der Waals surface area contributed by atoms with Crippen LogP contribution in [0, 0.1) is 6.92 Å². The Labute approximate surface area is 121 Å². The van der Waals surface area contributed by atoms with Gasteiger partial charge in [-0.3, -0.25) is 0 Å². The summed E-state index contributed by atoms with van der Waals surface area (Å²) in [6.07, 6.45) is 3.79. The second-order valence-corrected chi connectivity index (χ2v) is 5.93. The van der Waals surface area contributed by atoms with Gasteiger partial charge in [-0.25, -0.2) is 4.98 Å². The fourth-order valence-corrected chi connectivity index (χ4v) is 2.21. The van der Waals surface area contributed by atoms with Gasteiger partial charge in [-0.05, 0) is 50.8 Å². The molecule has 0 bridgehead atoms. The Hall–Kier alpha value is -2.03. The number of aromatic nitrogens is 1. The van der Waals surface area contributed by atoms with Crippen molar-refractivity contribution in [1.82, 2.24) is 4.98 Å². The molecule has 1 heterocycles. The van der Waals surface area contributed by atoms with Gasteiger partial charge in [0, 0.05) is 5.54 Å². The van der Waals surface area contributed by atoms with Gasteiger partial charge in [0.2, 0.25) is 0 Å². The van der Waals surface area contributed by atoms with Crippen molar-refractivity contribution in [3.05, 3.63) is 53.7 Å². The van der Waals surface area contributed by atoms with Gasteiger partial charge in [0.25, 0.3) is 0 Å². The molecule has 3 N–H and O–H groups in total. The van der Waals surface area contributed by atoms with Crippen molar-refractivity contribution < 1.29 is 0 Å². The van der Waals surface area contributed by atoms with Crippen LogP contribution in [0.1, 0.15) is 31.4 Å². The minimum Gasteiger partial charge on any atom is -0.397 e. The molecule has 0 spiro atoms. The summed E-state index contributed by atoms with van der Waals surface area (Å²) in [4.78, 5) is 4.38. The van der Waals surface area contributed by atoms with E-state index in [0.717, 1.165) is 24.2 Å². The second kappa shape index (κ2) is 5.95. The number of nitrogens with two attached hydrogens (primary N) is 1. The van der Waals surface area contributed by atoms with Crippen molar-refractivity contribution in [3.8, 4) is 0 Å². The summed E-state index contributed by atoms with van der Waals surface area (Å²) in [5.41, 5.74) is 8.88. The predicted molar refractivity (Wildman–Crippen MR) is 85.9 cm³/mol. The van der Waals surface area contributed by atoms with Crippen molar-refractivity contribution in [2.24, 2.45) is 0 Å². The van der Waals surface area contributed by atoms with Gasteiger partial charge < -0.3 is 11.1 Å². The van der Waals surface area contributed by atoms with Gasteiger partial charge in [-0.2, -0.15) is 0 Å². The first kappa shape index (κ1) is 14.4. The molecule has 1 aromatic heterocycles. The van der Waals surface area contributed by atoms with Crippen molar-refractivity contribution in [2.45, 2.75) is 39.2 Å². The highest BCUT2D eigenvalue weighted by Crippen LogP contribution is 2.22. The van der Waals surface area contributed by atoms with Crippen LogP contribution in [-0.2, 0) is 6.42 Å². The molecule has 2 rings (SSSR count). The second-order valence-electron chi connectivity index (χ2n) is 5.93. The van der Waals surface area contributed by atoms with E-state index in [1.165, 1.54) is 5.56 Å². The third-order valence-electron chi connectivity index (χ3n) is 3.44. The molecule has 20 heavy (non-hydrogen) atoms. The highest BCUT2D eigenvalue weighted by atomic mass is 15.0. The van der Waals surface area contributed by atoms with Crippen LogP contribution >= 0.6 is 0 Å². The number of rotatable bonds is 5. The van der Waals surface area contributed by atoms with Gasteiger partial charge in [0.05, 0.1) is 11.9 Å². The molecule has 0 unspecified atom stereocenters. The Morgan fingerprint density at radius 1 is 1.20 bits per heavy atom. The molecular weight excluding hydrogens is 246 g/mol. The summed E-state index contributed by atoms with van der Waals surface area (Å²) < 4.78 is 0. The molecule has 0 fully saturated rings. The van der Waals surface area contributed by atoms with Gasteiger partial charge in [-0.15, -0.1) is 0 Å². The number of pyridine rings is 1. The lowest BCUT2D eigenvalue weighted by Gasteiger charge is -2.28. The molecule has 3 nitrogen and oxygen atoms in total. The molecule has 0 aliphatic heterocycles. The van der Waals surface area contributed by atoms with E-state index in [-0.39, 0.29) is 5.54 Å². The molecule has 1 aromatic carbocycles. The third kappa shape index (κ3) is 3.98. The molecule has 3 heteroatoms. The molecule has 0 aliphatic rings. The van der Waals surface area contributed by atoms with Crippen LogP contribution in [0.25, 0.3) is 0 Å². The van der Waals surface area contributed by atoms with Gasteiger partial charge in [-0.1, -0.05) is 30.3 Å². The first-order chi connectivity index (χ1) is 9.46. The van der Waals surface area contributed by atoms with Crippen LogP contribution in [0.3, 0.4) is 0 Å². The maximum atomic E-state index is 5.74. The number of nitrogen functional groups attached to an aromatic ring is 1. The Morgan fingerprint density at radius 3 is 2.55 bits per heavy atom. The topological polar surface area (TPSA) is 50.9 Å². The van der Waals surface area contributed by atoms with E-state index < -0.39 is 0 Å². The highest BCUT2D eigenvalue weighted by Gasteiger charge is 2.18. The maximum Gasteiger partial charge on any atom is 0.129 e. The van der Waals surface area contributed by atoms with Crippen LogP contribution in [-0.4, -0.2) is 10.5 Å². The van der Waals surface area contributed by atoms with Crippen LogP contribution in [0.4, 0.5) is 11.5 Å². The summed E-state index contributed by atoms with van der Waals surface area (Å²) in [5.74, 6) is 0.914. The van der Waals surface area contributed by atoms with E-state index in [1.54, 1.807) is 6.20 Å². The first-order valence-electron chi connectivity index (χ1n) is 7.00. The van der Waals surface area contributed by atoms with E-state index in [9.17, 15) is 0 Å². The van der Waals surface area contributed by atoms with Gasteiger partial charge >= 0.3 is 0 Å². The quantitative estimate of drug-likeness (QED) is 0.868. The van der Waals surface area contributed by atoms with E-state index in [1.807, 2.05) is 13.0 Å². The fraction of sp³-hybridized carbons (Fsp3) is 0.353. The van der Waals surface area contributed by atoms with Crippen LogP contribution < -0.4 is 11.1 Å². The van der Waals surface area contributed by atoms with Crippen molar-refractivity contribution in [3.63, 3.8) is 0 Å². The molecule has 0 saturated carbocycles. The number of hydrogen-bond acceptors (Lipinski definition) is 3. The predicted octanol–water partition coefficient (Wildman–Crippen LogP) is 3.80. The zero-order chi connectivity index (χ0) is 14.6. The van der Waals surface area contributed by atoms with Crippen LogP contribution in [0.15, 0.2) is 42.6 Å². The molecule has 0 radical (unpaired) electrons. The van der Waals surface area contributed by atoms with Gasteiger partial charge in [0.1, 0.15) is 5.82 Å². The van der Waals surface area contributed by atoms with Crippen LogP contribution in [0.2, 0.25) is 0 Å². The average Bonchev–Trinajstić information content (AvgIpc) is 2.41. The third-order valence-corrected chi connectivity index (χ3v) is 3.44. The molecule has 0 amide bonds. The average molecular weight is 269 g/mol. The molecule has 2 aromatic rings. The van der Waals surface area contributed by atoms with E-state index in [4.69, 9.17) is 5.73 Å². The Morgan fingerprint density at radius 2 is 1.90 bits per heavy atom. The zero-order valence-electron chi connectivity index (χ0n) is 12.5. The summed E-state index contributed by atoms with van der Waals surface area (Å²) in [5, 5.41) is 3.52. The number of nitrogens with one attached hydrogen (secondary N) is 1. The van der Waals surface area contributed by atoms with Crippen molar-refractivity contribution >= 4 is 11.5 Å². The summed E-state index contributed by atoms with van der Waals surface area (Å²) in [7, 11) is 0. The van der Waals surface area contributed by atoms with Crippen molar-refractivity contribution in [1.29, 1.82) is 0 Å². The smallest absolute Gasteiger partial charge is 0.129 e. The van der Waals surface area contributed by atoms with Gasteiger partial charge in [0.15, 0.2) is 0 Å². The minimum atomic E-state index is -0.0102. The minimum absolute atomic E-state index is 0.0102. The Kier molecular flexibility index (Phi) is 4.28.